The number of nitrogens with one attached hydrogen (secondary N) is 1. The molecule has 0 spiro atoms. The van der Waals surface area contributed by atoms with E-state index in [0.717, 1.165) is 23.8 Å². The predicted octanol–water partition coefficient (Wildman–Crippen LogP) is 3.98. The molecule has 2 rings (SSSR count). The minimum atomic E-state index is 0.799. The van der Waals surface area contributed by atoms with Crippen LogP contribution in [0.2, 0.25) is 0 Å². The van der Waals surface area contributed by atoms with Gasteiger partial charge >= 0.3 is 0 Å². The van der Waals surface area contributed by atoms with Crippen LogP contribution in [0.3, 0.4) is 0 Å². The Hall–Kier alpha value is -0.0400. The number of rotatable bonds is 4. The van der Waals surface area contributed by atoms with E-state index in [1.165, 1.54) is 57.8 Å². The van der Waals surface area contributed by atoms with Gasteiger partial charge in [0, 0.05) is 6.04 Å². The molecule has 0 aromatic heterocycles. The molecule has 4 atom stereocenters. The third-order valence-electron chi connectivity index (χ3n) is 5.12. The second-order valence-electron chi connectivity index (χ2n) is 6.06. The van der Waals surface area contributed by atoms with Gasteiger partial charge in [-0.1, -0.05) is 39.0 Å². The van der Waals surface area contributed by atoms with Gasteiger partial charge in [0.1, 0.15) is 0 Å². The average molecular weight is 223 g/mol. The van der Waals surface area contributed by atoms with E-state index in [2.05, 4.69) is 19.3 Å². The summed E-state index contributed by atoms with van der Waals surface area (Å²) in [5, 5.41) is 3.57. The standard InChI is InChI=1S/C15H29N/c1-3-6-15(16-2)14-10-9-12-7-4-5-8-13(12)11-14/h12-16H,3-11H2,1-2H3. The topological polar surface area (TPSA) is 12.0 Å². The van der Waals surface area contributed by atoms with Crippen molar-refractivity contribution >= 4 is 0 Å². The van der Waals surface area contributed by atoms with Crippen molar-refractivity contribution in [2.24, 2.45) is 17.8 Å². The Morgan fingerprint density at radius 2 is 1.81 bits per heavy atom. The van der Waals surface area contributed by atoms with Crippen molar-refractivity contribution in [3.05, 3.63) is 0 Å². The Labute approximate surface area is 101 Å². The maximum absolute atomic E-state index is 3.57. The maximum Gasteiger partial charge on any atom is 0.00923 e. The lowest BCUT2D eigenvalue weighted by molar-refractivity contribution is 0.109. The molecule has 0 bridgehead atoms. The van der Waals surface area contributed by atoms with E-state index in [-0.39, 0.29) is 0 Å². The summed E-state index contributed by atoms with van der Waals surface area (Å²) in [6, 6.07) is 0.799. The van der Waals surface area contributed by atoms with E-state index in [0.29, 0.717) is 0 Å². The minimum absolute atomic E-state index is 0.799. The first-order valence-electron chi connectivity index (χ1n) is 7.52. The summed E-state index contributed by atoms with van der Waals surface area (Å²) in [6.07, 6.45) is 13.3. The fourth-order valence-electron chi connectivity index (χ4n) is 4.20. The lowest BCUT2D eigenvalue weighted by Crippen LogP contribution is -2.39. The molecule has 1 N–H and O–H groups in total. The number of fused-ring (bicyclic) bond motifs is 1. The lowest BCUT2D eigenvalue weighted by atomic mass is 9.66. The third kappa shape index (κ3) is 2.80. The van der Waals surface area contributed by atoms with E-state index in [4.69, 9.17) is 0 Å². The summed E-state index contributed by atoms with van der Waals surface area (Å²) in [7, 11) is 2.16. The average Bonchev–Trinajstić information content (AvgIpc) is 2.35. The molecule has 2 saturated carbocycles. The van der Waals surface area contributed by atoms with Gasteiger partial charge < -0.3 is 5.32 Å². The molecule has 0 aromatic carbocycles. The summed E-state index contributed by atoms with van der Waals surface area (Å²) in [4.78, 5) is 0. The van der Waals surface area contributed by atoms with Gasteiger partial charge in [0.15, 0.2) is 0 Å². The van der Waals surface area contributed by atoms with Crippen LogP contribution in [0.4, 0.5) is 0 Å². The number of hydrogen-bond donors (Lipinski definition) is 1. The molecule has 0 radical (unpaired) electrons. The fraction of sp³-hybridized carbons (Fsp3) is 1.00. The normalized spacial score (nSPS) is 36.8. The zero-order valence-corrected chi connectivity index (χ0v) is 11.2. The Bertz CT molecular complexity index is 202. The zero-order valence-electron chi connectivity index (χ0n) is 11.2. The molecule has 0 saturated heterocycles. The molecule has 2 aliphatic rings. The van der Waals surface area contributed by atoms with Crippen molar-refractivity contribution in [1.82, 2.24) is 5.32 Å². The molecule has 0 amide bonds. The van der Waals surface area contributed by atoms with Crippen LogP contribution in [-0.4, -0.2) is 13.1 Å². The van der Waals surface area contributed by atoms with Crippen LogP contribution < -0.4 is 5.32 Å². The van der Waals surface area contributed by atoms with Crippen molar-refractivity contribution < 1.29 is 0 Å². The molecular formula is C15H29N. The highest BCUT2D eigenvalue weighted by Gasteiger charge is 2.34. The van der Waals surface area contributed by atoms with Crippen LogP contribution >= 0.6 is 0 Å². The molecule has 0 aromatic rings. The van der Waals surface area contributed by atoms with Gasteiger partial charge in [-0.05, 0) is 50.5 Å². The van der Waals surface area contributed by atoms with Crippen molar-refractivity contribution in [2.75, 3.05) is 7.05 Å². The number of hydrogen-bond acceptors (Lipinski definition) is 1. The molecule has 0 aliphatic heterocycles. The van der Waals surface area contributed by atoms with Gasteiger partial charge in [0.25, 0.3) is 0 Å². The molecule has 1 heteroatoms. The van der Waals surface area contributed by atoms with Crippen LogP contribution in [0.5, 0.6) is 0 Å². The molecule has 4 unspecified atom stereocenters. The van der Waals surface area contributed by atoms with Crippen LogP contribution in [0.15, 0.2) is 0 Å². The molecular weight excluding hydrogens is 194 g/mol. The Kier molecular flexibility index (Phi) is 4.69. The predicted molar refractivity (Wildman–Crippen MR) is 70.5 cm³/mol. The van der Waals surface area contributed by atoms with E-state index >= 15 is 0 Å². The van der Waals surface area contributed by atoms with Crippen LogP contribution in [0, 0.1) is 17.8 Å². The molecule has 1 nitrogen and oxygen atoms in total. The SMILES string of the molecule is CCCC(NC)C1CCC2CCCCC2C1. The third-order valence-corrected chi connectivity index (χ3v) is 5.12. The van der Waals surface area contributed by atoms with Gasteiger partial charge in [-0.15, -0.1) is 0 Å². The van der Waals surface area contributed by atoms with E-state index in [1.807, 2.05) is 0 Å². The van der Waals surface area contributed by atoms with E-state index in [1.54, 1.807) is 0 Å². The first-order valence-corrected chi connectivity index (χ1v) is 7.52. The zero-order chi connectivity index (χ0) is 11.4. The quantitative estimate of drug-likeness (QED) is 0.760. The van der Waals surface area contributed by atoms with E-state index < -0.39 is 0 Å². The lowest BCUT2D eigenvalue weighted by Gasteiger charge is -2.42. The van der Waals surface area contributed by atoms with Crippen molar-refractivity contribution in [2.45, 2.75) is 70.8 Å². The largest absolute Gasteiger partial charge is 0.317 e. The van der Waals surface area contributed by atoms with Crippen LogP contribution in [-0.2, 0) is 0 Å². The van der Waals surface area contributed by atoms with Crippen molar-refractivity contribution in [1.29, 1.82) is 0 Å². The van der Waals surface area contributed by atoms with Crippen molar-refractivity contribution in [3.8, 4) is 0 Å². The van der Waals surface area contributed by atoms with Gasteiger partial charge in [0.05, 0.1) is 0 Å². The Morgan fingerprint density at radius 3 is 2.50 bits per heavy atom. The van der Waals surface area contributed by atoms with Crippen molar-refractivity contribution in [3.63, 3.8) is 0 Å². The maximum atomic E-state index is 3.57. The summed E-state index contributed by atoms with van der Waals surface area (Å²) in [5.41, 5.74) is 0. The van der Waals surface area contributed by atoms with Gasteiger partial charge in [-0.3, -0.25) is 0 Å². The smallest absolute Gasteiger partial charge is 0.00923 e. The highest BCUT2D eigenvalue weighted by atomic mass is 14.9. The summed E-state index contributed by atoms with van der Waals surface area (Å²) >= 11 is 0. The van der Waals surface area contributed by atoms with Crippen LogP contribution in [0.25, 0.3) is 0 Å². The van der Waals surface area contributed by atoms with Crippen LogP contribution in [0.1, 0.15) is 64.7 Å². The molecule has 94 valence electrons. The summed E-state index contributed by atoms with van der Waals surface area (Å²) in [5.74, 6) is 3.16. The molecule has 2 aliphatic carbocycles. The fourth-order valence-corrected chi connectivity index (χ4v) is 4.20. The molecule has 0 heterocycles. The molecule has 16 heavy (non-hydrogen) atoms. The Morgan fingerprint density at radius 1 is 1.06 bits per heavy atom. The first-order chi connectivity index (χ1) is 7.85. The monoisotopic (exact) mass is 223 g/mol. The van der Waals surface area contributed by atoms with Gasteiger partial charge in [-0.2, -0.15) is 0 Å². The van der Waals surface area contributed by atoms with E-state index in [9.17, 15) is 0 Å². The summed E-state index contributed by atoms with van der Waals surface area (Å²) < 4.78 is 0. The second kappa shape index (κ2) is 6.05. The minimum Gasteiger partial charge on any atom is -0.317 e. The summed E-state index contributed by atoms with van der Waals surface area (Å²) in [6.45, 7) is 2.32. The van der Waals surface area contributed by atoms with Gasteiger partial charge in [0.2, 0.25) is 0 Å². The highest BCUT2D eigenvalue weighted by molar-refractivity contribution is 4.87. The highest BCUT2D eigenvalue weighted by Crippen LogP contribution is 2.43. The first kappa shape index (κ1) is 12.4. The molecule has 2 fully saturated rings. The Balaban J connectivity index is 1.88. The van der Waals surface area contributed by atoms with Gasteiger partial charge in [-0.25, -0.2) is 0 Å². The second-order valence-corrected chi connectivity index (χ2v) is 6.06.